The molecule has 3 heterocycles. The highest BCUT2D eigenvalue weighted by Gasteiger charge is 2.17. The molecule has 4 rings (SSSR count). The van der Waals surface area contributed by atoms with Crippen LogP contribution in [0, 0.1) is 0 Å². The summed E-state index contributed by atoms with van der Waals surface area (Å²) in [5.74, 6) is 0.495. The van der Waals surface area contributed by atoms with Gasteiger partial charge in [0, 0.05) is 25.9 Å². The fraction of sp³-hybridized carbons (Fsp3) is 0.105. The van der Waals surface area contributed by atoms with E-state index >= 15 is 0 Å². The summed E-state index contributed by atoms with van der Waals surface area (Å²) in [5.41, 5.74) is 3.25. The molecule has 0 aliphatic rings. The number of hydrogen-bond acceptors (Lipinski definition) is 4. The topological polar surface area (TPSA) is 77.9 Å². The quantitative estimate of drug-likeness (QED) is 0.614. The molecule has 0 atom stereocenters. The maximum atomic E-state index is 12.6. The van der Waals surface area contributed by atoms with E-state index < -0.39 is 0 Å². The Labute approximate surface area is 149 Å². The van der Waals surface area contributed by atoms with Crippen LogP contribution in [0.25, 0.3) is 22.6 Å². The van der Waals surface area contributed by atoms with E-state index in [0.29, 0.717) is 11.4 Å². The standard InChI is InChI=1S/C19H17N5O2/c1-23-12-14(10-20-23)16-8-9-17(26-16)19(25)22-15-11-21-24(2)18(15)13-6-4-3-5-7-13/h3-12H,1-2H3,(H,22,25). The monoisotopic (exact) mass is 347 g/mol. The number of benzene rings is 1. The number of amides is 1. The number of hydrogen-bond donors (Lipinski definition) is 1. The van der Waals surface area contributed by atoms with E-state index in [4.69, 9.17) is 4.42 Å². The van der Waals surface area contributed by atoms with Gasteiger partial charge in [-0.05, 0) is 12.1 Å². The molecule has 130 valence electrons. The number of aryl methyl sites for hydroxylation is 2. The Morgan fingerprint density at radius 1 is 1.00 bits per heavy atom. The van der Waals surface area contributed by atoms with Gasteiger partial charge in [-0.1, -0.05) is 30.3 Å². The Kier molecular flexibility index (Phi) is 3.89. The van der Waals surface area contributed by atoms with Crippen LogP contribution in [0.5, 0.6) is 0 Å². The third-order valence-corrected chi connectivity index (χ3v) is 4.05. The molecule has 0 radical (unpaired) electrons. The van der Waals surface area contributed by atoms with Gasteiger partial charge in [-0.15, -0.1) is 0 Å². The third kappa shape index (κ3) is 2.90. The van der Waals surface area contributed by atoms with E-state index in [1.54, 1.807) is 33.9 Å². The van der Waals surface area contributed by atoms with E-state index in [2.05, 4.69) is 15.5 Å². The lowest BCUT2D eigenvalue weighted by molar-refractivity contribution is 0.0997. The minimum absolute atomic E-state index is 0.228. The van der Waals surface area contributed by atoms with Gasteiger partial charge in [0.1, 0.15) is 5.76 Å². The summed E-state index contributed by atoms with van der Waals surface area (Å²) in [5, 5.41) is 11.2. The van der Waals surface area contributed by atoms with E-state index in [9.17, 15) is 4.79 Å². The molecule has 0 aliphatic heterocycles. The van der Waals surface area contributed by atoms with E-state index in [1.165, 1.54) is 0 Å². The molecule has 0 fully saturated rings. The second-order valence-corrected chi connectivity index (χ2v) is 5.92. The number of carbonyl (C=O) groups is 1. The zero-order chi connectivity index (χ0) is 18.1. The van der Waals surface area contributed by atoms with Crippen LogP contribution in [0.2, 0.25) is 0 Å². The zero-order valence-electron chi connectivity index (χ0n) is 14.4. The van der Waals surface area contributed by atoms with E-state index in [1.807, 2.05) is 50.6 Å². The van der Waals surface area contributed by atoms with Crippen molar-refractivity contribution in [1.29, 1.82) is 0 Å². The third-order valence-electron chi connectivity index (χ3n) is 4.05. The summed E-state index contributed by atoms with van der Waals surface area (Å²) < 4.78 is 9.09. The van der Waals surface area contributed by atoms with Crippen molar-refractivity contribution in [2.75, 3.05) is 5.32 Å². The van der Waals surface area contributed by atoms with Crippen molar-refractivity contribution < 1.29 is 9.21 Å². The molecule has 0 saturated heterocycles. The van der Waals surface area contributed by atoms with Crippen LogP contribution < -0.4 is 5.32 Å². The lowest BCUT2D eigenvalue weighted by Gasteiger charge is -2.07. The maximum absolute atomic E-state index is 12.6. The van der Waals surface area contributed by atoms with Crippen LogP contribution >= 0.6 is 0 Å². The van der Waals surface area contributed by atoms with Crippen molar-refractivity contribution in [2.45, 2.75) is 0 Å². The van der Waals surface area contributed by atoms with Gasteiger partial charge in [-0.25, -0.2) is 0 Å². The van der Waals surface area contributed by atoms with Crippen molar-refractivity contribution >= 4 is 11.6 Å². The fourth-order valence-electron chi connectivity index (χ4n) is 2.81. The first-order chi connectivity index (χ1) is 12.6. The Morgan fingerprint density at radius 2 is 1.81 bits per heavy atom. The van der Waals surface area contributed by atoms with Crippen molar-refractivity contribution in [3.63, 3.8) is 0 Å². The number of nitrogens with zero attached hydrogens (tertiary/aromatic N) is 4. The van der Waals surface area contributed by atoms with Gasteiger partial charge >= 0.3 is 0 Å². The van der Waals surface area contributed by atoms with Gasteiger partial charge < -0.3 is 9.73 Å². The minimum atomic E-state index is -0.328. The second kappa shape index (κ2) is 6.36. The summed E-state index contributed by atoms with van der Waals surface area (Å²) in [6.07, 6.45) is 5.15. The summed E-state index contributed by atoms with van der Waals surface area (Å²) in [4.78, 5) is 12.6. The van der Waals surface area contributed by atoms with Crippen LogP contribution in [0.15, 0.2) is 65.5 Å². The number of carbonyl (C=O) groups excluding carboxylic acids is 1. The summed E-state index contributed by atoms with van der Waals surface area (Å²) in [7, 11) is 3.67. The van der Waals surface area contributed by atoms with Crippen LogP contribution in [0.1, 0.15) is 10.6 Å². The molecular formula is C19H17N5O2. The second-order valence-electron chi connectivity index (χ2n) is 5.92. The lowest BCUT2D eigenvalue weighted by Crippen LogP contribution is -2.11. The van der Waals surface area contributed by atoms with Gasteiger partial charge in [-0.3, -0.25) is 14.2 Å². The first kappa shape index (κ1) is 15.9. The number of rotatable bonds is 4. The van der Waals surface area contributed by atoms with E-state index in [0.717, 1.165) is 16.8 Å². The van der Waals surface area contributed by atoms with Crippen LogP contribution in [-0.2, 0) is 14.1 Å². The van der Waals surface area contributed by atoms with Gasteiger partial charge in [0.05, 0.1) is 29.3 Å². The SMILES string of the molecule is Cn1cc(-c2ccc(C(=O)Nc3cnn(C)c3-c3ccccc3)o2)cn1. The van der Waals surface area contributed by atoms with Crippen molar-refractivity contribution in [3.8, 4) is 22.6 Å². The molecule has 0 spiro atoms. The Morgan fingerprint density at radius 3 is 2.54 bits per heavy atom. The predicted molar refractivity (Wildman–Crippen MR) is 97.5 cm³/mol. The van der Waals surface area contributed by atoms with Crippen molar-refractivity contribution in [1.82, 2.24) is 19.6 Å². The fourth-order valence-corrected chi connectivity index (χ4v) is 2.81. The average molecular weight is 347 g/mol. The molecule has 26 heavy (non-hydrogen) atoms. The molecule has 7 nitrogen and oxygen atoms in total. The van der Waals surface area contributed by atoms with Gasteiger partial charge in [0.15, 0.2) is 5.76 Å². The number of furan rings is 1. The highest BCUT2D eigenvalue weighted by atomic mass is 16.3. The van der Waals surface area contributed by atoms with E-state index in [-0.39, 0.29) is 11.7 Å². The molecule has 1 amide bonds. The molecule has 0 unspecified atom stereocenters. The molecular weight excluding hydrogens is 330 g/mol. The molecule has 0 aliphatic carbocycles. The maximum Gasteiger partial charge on any atom is 0.291 e. The van der Waals surface area contributed by atoms with Crippen LogP contribution in [0.3, 0.4) is 0 Å². The molecule has 1 N–H and O–H groups in total. The van der Waals surface area contributed by atoms with Crippen molar-refractivity contribution in [3.05, 3.63) is 66.8 Å². The normalized spacial score (nSPS) is 10.8. The highest BCUT2D eigenvalue weighted by molar-refractivity contribution is 6.04. The zero-order valence-corrected chi connectivity index (χ0v) is 14.4. The molecule has 0 saturated carbocycles. The van der Waals surface area contributed by atoms with Gasteiger partial charge in [0.25, 0.3) is 5.91 Å². The Bertz CT molecular complexity index is 1060. The molecule has 4 aromatic rings. The first-order valence-electron chi connectivity index (χ1n) is 8.09. The summed E-state index contributed by atoms with van der Waals surface area (Å²) in [6, 6.07) is 13.2. The number of nitrogens with one attached hydrogen (secondary N) is 1. The Hall–Kier alpha value is -3.61. The smallest absolute Gasteiger partial charge is 0.291 e. The predicted octanol–water partition coefficient (Wildman–Crippen LogP) is 3.33. The minimum Gasteiger partial charge on any atom is -0.451 e. The molecule has 1 aromatic carbocycles. The molecule has 7 heteroatoms. The molecule has 3 aromatic heterocycles. The average Bonchev–Trinajstić information content (AvgIpc) is 3.36. The summed E-state index contributed by atoms with van der Waals surface area (Å²) >= 11 is 0. The summed E-state index contributed by atoms with van der Waals surface area (Å²) in [6.45, 7) is 0. The number of aromatic nitrogens is 4. The Balaban J connectivity index is 1.59. The molecule has 0 bridgehead atoms. The van der Waals surface area contributed by atoms with Gasteiger partial charge in [0.2, 0.25) is 0 Å². The van der Waals surface area contributed by atoms with Crippen molar-refractivity contribution in [2.24, 2.45) is 14.1 Å². The van der Waals surface area contributed by atoms with Gasteiger partial charge in [-0.2, -0.15) is 10.2 Å². The largest absolute Gasteiger partial charge is 0.451 e. The lowest BCUT2D eigenvalue weighted by atomic mass is 10.1. The van der Waals surface area contributed by atoms with Crippen LogP contribution in [-0.4, -0.2) is 25.5 Å². The first-order valence-corrected chi connectivity index (χ1v) is 8.09. The highest BCUT2D eigenvalue weighted by Crippen LogP contribution is 2.28. The van der Waals surface area contributed by atoms with Crippen LogP contribution in [0.4, 0.5) is 5.69 Å². The number of anilines is 1.